The molecule has 0 aromatic heterocycles. The monoisotopic (exact) mass is 279 g/mol. The van der Waals surface area contributed by atoms with E-state index in [4.69, 9.17) is 5.11 Å². The van der Waals surface area contributed by atoms with Crippen LogP contribution in [0.1, 0.15) is 12.5 Å². The van der Waals surface area contributed by atoms with Crippen LogP contribution in [0.5, 0.6) is 0 Å². The Balaban J connectivity index is 2.57. The Morgan fingerprint density at radius 2 is 1.85 bits per heavy atom. The Morgan fingerprint density at radius 1 is 1.15 bits per heavy atom. The number of carbonyl (C=O) groups excluding carboxylic acids is 2. The maximum absolute atomic E-state index is 11.6. The lowest BCUT2D eigenvalue weighted by Gasteiger charge is -2.10. The molecule has 1 aromatic rings. The zero-order valence-corrected chi connectivity index (χ0v) is 11.1. The van der Waals surface area contributed by atoms with Crippen LogP contribution in [0.2, 0.25) is 0 Å². The van der Waals surface area contributed by atoms with Crippen molar-refractivity contribution in [2.75, 3.05) is 18.4 Å². The molecule has 1 rings (SSSR count). The second-order valence-corrected chi connectivity index (χ2v) is 3.99. The Hall–Kier alpha value is -2.57. The number of amides is 3. The van der Waals surface area contributed by atoms with Gasteiger partial charge in [-0.05, 0) is 18.6 Å². The molecule has 0 saturated carbocycles. The Kier molecular flexibility index (Phi) is 6.02. The van der Waals surface area contributed by atoms with E-state index in [1.165, 1.54) is 0 Å². The number of anilines is 1. The van der Waals surface area contributed by atoms with Gasteiger partial charge in [0.2, 0.25) is 5.91 Å². The number of rotatable bonds is 6. The molecule has 7 heteroatoms. The van der Waals surface area contributed by atoms with Gasteiger partial charge < -0.3 is 21.1 Å². The largest absolute Gasteiger partial charge is 0.481 e. The molecule has 0 fully saturated rings. The fourth-order valence-corrected chi connectivity index (χ4v) is 1.55. The number of hydrogen-bond acceptors (Lipinski definition) is 3. The highest BCUT2D eigenvalue weighted by Crippen LogP contribution is 2.15. The smallest absolute Gasteiger partial charge is 0.319 e. The zero-order chi connectivity index (χ0) is 15.0. The van der Waals surface area contributed by atoms with Crippen molar-refractivity contribution in [3.05, 3.63) is 29.8 Å². The summed E-state index contributed by atoms with van der Waals surface area (Å²) in [4.78, 5) is 33.5. The average Bonchev–Trinajstić information content (AvgIpc) is 2.38. The van der Waals surface area contributed by atoms with E-state index < -0.39 is 12.0 Å². The number of nitrogens with one attached hydrogen (secondary N) is 3. The highest BCUT2D eigenvalue weighted by atomic mass is 16.4. The number of aliphatic carboxylic acids is 1. The molecular formula is C13H17N3O4. The second-order valence-electron chi connectivity index (χ2n) is 3.99. The summed E-state index contributed by atoms with van der Waals surface area (Å²) in [5.74, 6) is -1.27. The third kappa shape index (κ3) is 5.38. The van der Waals surface area contributed by atoms with Gasteiger partial charge in [-0.15, -0.1) is 0 Å². The fraction of sp³-hybridized carbons (Fsp3) is 0.308. The van der Waals surface area contributed by atoms with Crippen molar-refractivity contribution in [1.82, 2.24) is 10.6 Å². The predicted octanol–water partition coefficient (Wildman–Crippen LogP) is 0.571. The lowest BCUT2D eigenvalue weighted by atomic mass is 10.1. The molecule has 0 aliphatic heterocycles. The Labute approximate surface area is 116 Å². The number of urea groups is 1. The van der Waals surface area contributed by atoms with Crippen molar-refractivity contribution in [3.63, 3.8) is 0 Å². The third-order valence-corrected chi connectivity index (χ3v) is 2.39. The van der Waals surface area contributed by atoms with Gasteiger partial charge in [-0.3, -0.25) is 9.59 Å². The standard InChI is InChI=1S/C13H17N3O4/c1-2-14-11(17)8-15-13(20)16-10-6-4-3-5-9(10)7-12(18)19/h3-6H,2,7-8H2,1H3,(H,14,17)(H,18,19)(H2,15,16,20). The number of carbonyl (C=O) groups is 3. The quantitative estimate of drug-likeness (QED) is 0.610. The summed E-state index contributed by atoms with van der Waals surface area (Å²) in [5.41, 5.74) is 0.899. The first-order chi connectivity index (χ1) is 9.52. The van der Waals surface area contributed by atoms with Crippen LogP contribution in [0.25, 0.3) is 0 Å². The molecular weight excluding hydrogens is 262 g/mol. The molecule has 0 heterocycles. The predicted molar refractivity (Wildman–Crippen MR) is 73.5 cm³/mol. The molecule has 0 aliphatic carbocycles. The van der Waals surface area contributed by atoms with E-state index in [0.29, 0.717) is 17.8 Å². The van der Waals surface area contributed by atoms with Crippen molar-refractivity contribution in [3.8, 4) is 0 Å². The normalized spacial score (nSPS) is 9.65. The number of para-hydroxylation sites is 1. The van der Waals surface area contributed by atoms with Crippen LogP contribution in [0.4, 0.5) is 10.5 Å². The first-order valence-electron chi connectivity index (χ1n) is 6.14. The van der Waals surface area contributed by atoms with Gasteiger partial charge in [-0.1, -0.05) is 18.2 Å². The molecule has 4 N–H and O–H groups in total. The lowest BCUT2D eigenvalue weighted by Crippen LogP contribution is -2.38. The molecule has 0 bridgehead atoms. The fourth-order valence-electron chi connectivity index (χ4n) is 1.55. The van der Waals surface area contributed by atoms with Gasteiger partial charge >= 0.3 is 12.0 Å². The van der Waals surface area contributed by atoms with E-state index in [0.717, 1.165) is 0 Å². The minimum absolute atomic E-state index is 0.138. The van der Waals surface area contributed by atoms with Gasteiger partial charge in [-0.2, -0.15) is 0 Å². The van der Waals surface area contributed by atoms with E-state index in [2.05, 4.69) is 16.0 Å². The van der Waals surface area contributed by atoms with Gasteiger partial charge in [-0.25, -0.2) is 4.79 Å². The zero-order valence-electron chi connectivity index (χ0n) is 11.1. The number of hydrogen-bond donors (Lipinski definition) is 4. The molecule has 0 saturated heterocycles. The van der Waals surface area contributed by atoms with Gasteiger partial charge in [0, 0.05) is 12.2 Å². The van der Waals surface area contributed by atoms with Gasteiger partial charge in [0.15, 0.2) is 0 Å². The second kappa shape index (κ2) is 7.78. The van der Waals surface area contributed by atoms with Crippen LogP contribution in [-0.4, -0.2) is 36.1 Å². The summed E-state index contributed by atoms with van der Waals surface area (Å²) in [7, 11) is 0. The van der Waals surface area contributed by atoms with Crippen LogP contribution >= 0.6 is 0 Å². The highest BCUT2D eigenvalue weighted by molar-refractivity contribution is 5.93. The van der Waals surface area contributed by atoms with Crippen molar-refractivity contribution in [2.24, 2.45) is 0 Å². The van der Waals surface area contributed by atoms with Crippen molar-refractivity contribution in [2.45, 2.75) is 13.3 Å². The van der Waals surface area contributed by atoms with Crippen molar-refractivity contribution >= 4 is 23.6 Å². The van der Waals surface area contributed by atoms with E-state index in [-0.39, 0.29) is 18.9 Å². The van der Waals surface area contributed by atoms with Gasteiger partial charge in [0.05, 0.1) is 13.0 Å². The molecule has 0 spiro atoms. The van der Waals surface area contributed by atoms with Gasteiger partial charge in [0.25, 0.3) is 0 Å². The third-order valence-electron chi connectivity index (χ3n) is 2.39. The molecule has 0 atom stereocenters. The minimum atomic E-state index is -0.984. The molecule has 0 radical (unpaired) electrons. The van der Waals surface area contributed by atoms with Crippen LogP contribution in [0.3, 0.4) is 0 Å². The first kappa shape index (κ1) is 15.5. The Bertz CT molecular complexity index is 502. The molecule has 3 amide bonds. The van der Waals surface area contributed by atoms with Crippen molar-refractivity contribution in [1.29, 1.82) is 0 Å². The van der Waals surface area contributed by atoms with E-state index in [1.54, 1.807) is 31.2 Å². The van der Waals surface area contributed by atoms with Crippen LogP contribution < -0.4 is 16.0 Å². The molecule has 20 heavy (non-hydrogen) atoms. The highest BCUT2D eigenvalue weighted by Gasteiger charge is 2.09. The van der Waals surface area contributed by atoms with Crippen LogP contribution in [0, 0.1) is 0 Å². The number of likely N-dealkylation sites (N-methyl/N-ethyl adjacent to an activating group) is 1. The summed E-state index contributed by atoms with van der Waals surface area (Å²) in [6.07, 6.45) is -0.188. The maximum atomic E-state index is 11.6. The summed E-state index contributed by atoms with van der Waals surface area (Å²) in [5, 5.41) is 16.2. The molecule has 0 unspecified atom stereocenters. The lowest BCUT2D eigenvalue weighted by molar-refractivity contribution is -0.136. The summed E-state index contributed by atoms with van der Waals surface area (Å²) >= 11 is 0. The molecule has 0 aliphatic rings. The average molecular weight is 279 g/mol. The number of carboxylic acids is 1. The van der Waals surface area contributed by atoms with Gasteiger partial charge in [0.1, 0.15) is 0 Å². The summed E-state index contributed by atoms with van der Waals surface area (Å²) < 4.78 is 0. The SMILES string of the molecule is CCNC(=O)CNC(=O)Nc1ccccc1CC(=O)O. The minimum Gasteiger partial charge on any atom is -0.481 e. The topological polar surface area (TPSA) is 108 Å². The Morgan fingerprint density at radius 3 is 2.50 bits per heavy atom. The number of carboxylic acid groups (broad SMARTS) is 1. The molecule has 7 nitrogen and oxygen atoms in total. The van der Waals surface area contributed by atoms with E-state index >= 15 is 0 Å². The van der Waals surface area contributed by atoms with Crippen LogP contribution in [-0.2, 0) is 16.0 Å². The maximum Gasteiger partial charge on any atom is 0.319 e. The molecule has 108 valence electrons. The van der Waals surface area contributed by atoms with E-state index in [1.807, 2.05) is 0 Å². The first-order valence-corrected chi connectivity index (χ1v) is 6.14. The summed E-state index contributed by atoms with van der Waals surface area (Å²) in [6.45, 7) is 2.13. The summed E-state index contributed by atoms with van der Waals surface area (Å²) in [6, 6.07) is 6.03. The number of benzene rings is 1. The van der Waals surface area contributed by atoms with Crippen LogP contribution in [0.15, 0.2) is 24.3 Å². The van der Waals surface area contributed by atoms with E-state index in [9.17, 15) is 14.4 Å². The molecule has 1 aromatic carbocycles. The van der Waals surface area contributed by atoms with Crippen molar-refractivity contribution < 1.29 is 19.5 Å².